The van der Waals surface area contributed by atoms with Crippen molar-refractivity contribution < 1.29 is 37.4 Å². The summed E-state index contributed by atoms with van der Waals surface area (Å²) in [5.74, 6) is -0.485. The molecule has 3 heterocycles. The molecule has 0 amide bonds. The van der Waals surface area contributed by atoms with E-state index in [4.69, 9.17) is 33.7 Å². The van der Waals surface area contributed by atoms with Crippen LogP contribution in [0.25, 0.3) is 11.2 Å². The Hall–Kier alpha value is -3.33. The van der Waals surface area contributed by atoms with Crippen molar-refractivity contribution in [2.75, 3.05) is 39.3 Å². The van der Waals surface area contributed by atoms with Crippen LogP contribution >= 0.6 is 7.75 Å². The van der Waals surface area contributed by atoms with Crippen LogP contribution in [0, 0.1) is 0 Å². The maximum Gasteiger partial charge on any atom is 0.459 e. The summed E-state index contributed by atoms with van der Waals surface area (Å²) in [6.07, 6.45) is -0.282. The Balaban J connectivity index is 1.42. The molecule has 1 aliphatic heterocycles. The van der Waals surface area contributed by atoms with Crippen molar-refractivity contribution >= 4 is 30.8 Å². The van der Waals surface area contributed by atoms with E-state index in [1.54, 1.807) is 30.3 Å². The molecule has 15 nitrogen and oxygen atoms in total. The minimum atomic E-state index is -4.11. The number of rotatable bonds is 12. The Morgan fingerprint density at radius 2 is 2.14 bits per heavy atom. The van der Waals surface area contributed by atoms with Gasteiger partial charge in [-0.15, -0.1) is 0 Å². The van der Waals surface area contributed by atoms with Gasteiger partial charge in [0.2, 0.25) is 5.95 Å². The first-order valence-corrected chi connectivity index (χ1v) is 12.7. The van der Waals surface area contributed by atoms with Gasteiger partial charge in [-0.1, -0.05) is 18.2 Å². The zero-order valence-electron chi connectivity index (χ0n) is 20.1. The van der Waals surface area contributed by atoms with Gasteiger partial charge in [0.15, 0.2) is 23.7 Å². The molecule has 1 fully saturated rings. The van der Waals surface area contributed by atoms with Gasteiger partial charge >= 0.3 is 13.7 Å². The highest BCUT2D eigenvalue weighted by molar-refractivity contribution is 7.52. The van der Waals surface area contributed by atoms with Crippen LogP contribution in [0.1, 0.15) is 13.2 Å². The first-order chi connectivity index (χ1) is 17.8. The SMILES string of the molecule is COCCOC(=O)[C@H](C)N[P@](=O)(OC[C@@H]1OC[C@H](n2cnc3c(=O)[nH]c(N)nc32)O1)Oc1ccccc1. The summed E-state index contributed by atoms with van der Waals surface area (Å²) in [7, 11) is -2.63. The molecule has 1 aromatic carbocycles. The molecule has 37 heavy (non-hydrogen) atoms. The molecule has 2 aromatic heterocycles. The maximum absolute atomic E-state index is 13.6. The molecule has 0 radical (unpaired) electrons. The lowest BCUT2D eigenvalue weighted by Gasteiger charge is -2.23. The zero-order valence-corrected chi connectivity index (χ0v) is 21.0. The highest BCUT2D eigenvalue weighted by Crippen LogP contribution is 2.45. The van der Waals surface area contributed by atoms with E-state index in [2.05, 4.69) is 20.0 Å². The van der Waals surface area contributed by atoms with E-state index < -0.39 is 37.8 Å². The third kappa shape index (κ3) is 6.71. The van der Waals surface area contributed by atoms with Gasteiger partial charge in [-0.3, -0.25) is 23.7 Å². The van der Waals surface area contributed by atoms with Crippen LogP contribution < -0.4 is 20.9 Å². The van der Waals surface area contributed by atoms with E-state index in [-0.39, 0.29) is 49.3 Å². The van der Waals surface area contributed by atoms with Crippen LogP contribution in [0.4, 0.5) is 5.95 Å². The number of methoxy groups -OCH3 is 1. The number of nitrogen functional groups attached to an aromatic ring is 1. The summed E-state index contributed by atoms with van der Waals surface area (Å²) >= 11 is 0. The fraction of sp³-hybridized carbons (Fsp3) is 0.429. The number of benzene rings is 1. The van der Waals surface area contributed by atoms with Crippen LogP contribution in [0.3, 0.4) is 0 Å². The van der Waals surface area contributed by atoms with Crippen molar-refractivity contribution in [1.82, 2.24) is 24.6 Å². The predicted molar refractivity (Wildman–Crippen MR) is 128 cm³/mol. The molecule has 1 aliphatic rings. The molecule has 4 N–H and O–H groups in total. The van der Waals surface area contributed by atoms with Crippen LogP contribution in [0.2, 0.25) is 0 Å². The Morgan fingerprint density at radius 3 is 2.89 bits per heavy atom. The van der Waals surface area contributed by atoms with Gasteiger partial charge in [-0.2, -0.15) is 10.1 Å². The van der Waals surface area contributed by atoms with Crippen LogP contribution in [-0.4, -0.2) is 71.4 Å². The number of fused-ring (bicyclic) bond motifs is 1. The van der Waals surface area contributed by atoms with E-state index >= 15 is 0 Å². The summed E-state index contributed by atoms with van der Waals surface area (Å²) in [5, 5.41) is 2.58. The van der Waals surface area contributed by atoms with Crippen molar-refractivity contribution in [2.24, 2.45) is 0 Å². The molecule has 0 aliphatic carbocycles. The number of nitrogens with two attached hydrogens (primary N) is 1. The molecule has 16 heteroatoms. The molecule has 3 aromatic rings. The third-order valence-electron chi connectivity index (χ3n) is 5.08. The smallest absolute Gasteiger partial charge is 0.459 e. The number of imidazole rings is 1. The molecular formula is C21H27N6O9P. The monoisotopic (exact) mass is 538 g/mol. The Kier molecular flexibility index (Phi) is 8.53. The molecule has 4 atom stereocenters. The highest BCUT2D eigenvalue weighted by Gasteiger charge is 2.36. The number of aromatic amines is 1. The van der Waals surface area contributed by atoms with Gasteiger partial charge in [0.25, 0.3) is 5.56 Å². The standard InChI is InChI=1S/C21H27N6O9P/c1-13(20(29)32-9-8-31-2)26-37(30,36-14-6-4-3-5-7-14)34-11-16-33-10-15(35-16)27-12-23-17-18(27)24-21(22)25-19(17)28/h3-7,12-13,15-16H,8-11H2,1-2H3,(H,26,30)(H3,22,24,25,28)/t13-,15+,16+,37-/m0/s1. The number of nitrogens with one attached hydrogen (secondary N) is 2. The zero-order chi connectivity index (χ0) is 26.4. The number of H-pyrrole nitrogens is 1. The van der Waals surface area contributed by atoms with Crippen LogP contribution in [-0.2, 0) is 32.8 Å². The van der Waals surface area contributed by atoms with Gasteiger partial charge in [0, 0.05) is 7.11 Å². The molecule has 0 saturated carbocycles. The van der Waals surface area contributed by atoms with Gasteiger partial charge in [0.1, 0.15) is 25.0 Å². The lowest BCUT2D eigenvalue weighted by Crippen LogP contribution is -2.36. The van der Waals surface area contributed by atoms with Gasteiger partial charge in [-0.25, -0.2) is 9.55 Å². The number of hydrogen-bond acceptors (Lipinski definition) is 12. The minimum absolute atomic E-state index is 0.0342. The van der Waals surface area contributed by atoms with Gasteiger partial charge < -0.3 is 29.2 Å². The largest absolute Gasteiger partial charge is 0.462 e. The van der Waals surface area contributed by atoms with Gasteiger partial charge in [-0.05, 0) is 19.1 Å². The Bertz CT molecular complexity index is 1320. The number of nitrogens with zero attached hydrogens (tertiary/aromatic N) is 3. The van der Waals surface area contributed by atoms with E-state index in [0.717, 1.165) is 0 Å². The minimum Gasteiger partial charge on any atom is -0.462 e. The fourth-order valence-electron chi connectivity index (χ4n) is 3.34. The van der Waals surface area contributed by atoms with Crippen molar-refractivity contribution in [3.8, 4) is 5.75 Å². The summed E-state index contributed by atoms with van der Waals surface area (Å²) in [6.45, 7) is 1.46. The number of para-hydroxylation sites is 1. The van der Waals surface area contributed by atoms with E-state index in [9.17, 15) is 14.2 Å². The third-order valence-corrected chi connectivity index (χ3v) is 6.72. The summed E-state index contributed by atoms with van der Waals surface area (Å²) in [4.78, 5) is 34.8. The summed E-state index contributed by atoms with van der Waals surface area (Å²) in [6, 6.07) is 7.29. The van der Waals surface area contributed by atoms with E-state index in [1.807, 2.05) is 0 Å². The Labute approximate surface area is 210 Å². The second-order valence-electron chi connectivity index (χ2n) is 7.84. The molecule has 200 valence electrons. The number of esters is 1. The number of aromatic nitrogens is 4. The van der Waals surface area contributed by atoms with E-state index in [1.165, 1.54) is 24.9 Å². The second-order valence-corrected chi connectivity index (χ2v) is 9.53. The van der Waals surface area contributed by atoms with E-state index in [0.29, 0.717) is 0 Å². The molecular weight excluding hydrogens is 511 g/mol. The molecule has 0 unspecified atom stereocenters. The van der Waals surface area contributed by atoms with Crippen molar-refractivity contribution in [3.05, 3.63) is 47.0 Å². The quantitative estimate of drug-likeness (QED) is 0.168. The number of carbonyl (C=O) groups is 1. The first kappa shape index (κ1) is 26.7. The average molecular weight is 538 g/mol. The van der Waals surface area contributed by atoms with Crippen molar-refractivity contribution in [1.29, 1.82) is 0 Å². The van der Waals surface area contributed by atoms with Crippen molar-refractivity contribution in [3.63, 3.8) is 0 Å². The first-order valence-electron chi connectivity index (χ1n) is 11.2. The number of carbonyl (C=O) groups excluding carboxylic acids is 1. The topological polar surface area (TPSA) is 191 Å². The summed E-state index contributed by atoms with van der Waals surface area (Å²) < 4.78 is 47.6. The summed E-state index contributed by atoms with van der Waals surface area (Å²) in [5.41, 5.74) is 5.47. The van der Waals surface area contributed by atoms with Crippen LogP contribution in [0.5, 0.6) is 5.75 Å². The molecule has 0 bridgehead atoms. The number of hydrogen-bond donors (Lipinski definition) is 3. The number of anilines is 1. The van der Waals surface area contributed by atoms with Gasteiger partial charge in [0.05, 0.1) is 19.5 Å². The van der Waals surface area contributed by atoms with Crippen LogP contribution in [0.15, 0.2) is 41.5 Å². The highest BCUT2D eigenvalue weighted by atomic mass is 31.2. The fourth-order valence-corrected chi connectivity index (χ4v) is 4.82. The normalized spacial score (nSPS) is 19.9. The molecule has 0 spiro atoms. The predicted octanol–water partition coefficient (Wildman–Crippen LogP) is 0.945. The number of ether oxygens (including phenoxy) is 4. The maximum atomic E-state index is 13.6. The average Bonchev–Trinajstić information content (AvgIpc) is 3.50. The lowest BCUT2D eigenvalue weighted by molar-refractivity contribution is -0.146. The lowest BCUT2D eigenvalue weighted by atomic mass is 10.3. The van der Waals surface area contributed by atoms with Crippen molar-refractivity contribution in [2.45, 2.75) is 25.5 Å². The molecule has 1 saturated heterocycles. The second kappa shape index (κ2) is 11.8. The Morgan fingerprint density at radius 1 is 1.35 bits per heavy atom. The molecule has 4 rings (SSSR count).